The van der Waals surface area contributed by atoms with Crippen LogP contribution in [0.1, 0.15) is 30.9 Å². The minimum Gasteiger partial charge on any atom is -0.306 e. The summed E-state index contributed by atoms with van der Waals surface area (Å²) in [5.74, 6) is 0. The summed E-state index contributed by atoms with van der Waals surface area (Å²) >= 11 is 0. The summed E-state index contributed by atoms with van der Waals surface area (Å²) in [4.78, 5) is 0. The molecule has 0 atom stereocenters. The number of unbranched alkanes of at least 4 members (excludes halogenated alkanes) is 1. The van der Waals surface area contributed by atoms with Crippen LogP contribution >= 0.6 is 0 Å². The molecule has 2 aromatic rings. The van der Waals surface area contributed by atoms with Gasteiger partial charge in [0.2, 0.25) is 0 Å². The number of benzene rings is 2. The molecule has 0 fully saturated rings. The summed E-state index contributed by atoms with van der Waals surface area (Å²) in [5.41, 5.74) is 8.25. The molecular formula is C17H22N2. The van der Waals surface area contributed by atoms with Crippen molar-refractivity contribution in [1.82, 2.24) is 5.32 Å². The Morgan fingerprint density at radius 1 is 0.895 bits per heavy atom. The highest BCUT2D eigenvalue weighted by molar-refractivity contribution is 5.36. The van der Waals surface area contributed by atoms with E-state index < -0.39 is 5.66 Å². The fourth-order valence-electron chi connectivity index (χ4n) is 2.24. The van der Waals surface area contributed by atoms with Gasteiger partial charge in [-0.1, -0.05) is 74.0 Å². The monoisotopic (exact) mass is 254 g/mol. The largest absolute Gasteiger partial charge is 0.306 e. The van der Waals surface area contributed by atoms with Crippen LogP contribution in [0.15, 0.2) is 60.7 Å². The van der Waals surface area contributed by atoms with E-state index in [9.17, 15) is 0 Å². The first-order chi connectivity index (χ1) is 9.27. The van der Waals surface area contributed by atoms with E-state index in [0.29, 0.717) is 0 Å². The summed E-state index contributed by atoms with van der Waals surface area (Å²) in [5, 5.41) is 3.51. The predicted octanol–water partition coefficient (Wildman–Crippen LogP) is 3.24. The van der Waals surface area contributed by atoms with E-state index in [-0.39, 0.29) is 0 Å². The molecule has 3 N–H and O–H groups in total. The Morgan fingerprint density at radius 3 is 1.79 bits per heavy atom. The van der Waals surface area contributed by atoms with Gasteiger partial charge in [-0.25, -0.2) is 0 Å². The van der Waals surface area contributed by atoms with Gasteiger partial charge in [0.25, 0.3) is 0 Å². The average Bonchev–Trinajstić information content (AvgIpc) is 2.49. The van der Waals surface area contributed by atoms with Crippen molar-refractivity contribution in [3.8, 4) is 0 Å². The lowest BCUT2D eigenvalue weighted by Gasteiger charge is -2.32. The molecule has 0 amide bonds. The lowest BCUT2D eigenvalue weighted by atomic mass is 9.92. The van der Waals surface area contributed by atoms with Gasteiger partial charge in [-0.05, 0) is 24.1 Å². The van der Waals surface area contributed by atoms with Crippen LogP contribution in [-0.4, -0.2) is 6.54 Å². The van der Waals surface area contributed by atoms with Gasteiger partial charge in [-0.15, -0.1) is 0 Å². The van der Waals surface area contributed by atoms with Crippen molar-refractivity contribution < 1.29 is 0 Å². The van der Waals surface area contributed by atoms with Crippen LogP contribution in [0, 0.1) is 0 Å². The maximum Gasteiger partial charge on any atom is 0.119 e. The number of nitrogens with one attached hydrogen (secondary N) is 1. The number of hydrogen-bond donors (Lipinski definition) is 2. The third-order valence-electron chi connectivity index (χ3n) is 3.39. The standard InChI is InChI=1S/C17H22N2/c1-2-3-14-19-17(18,15-10-6-4-7-11-15)16-12-8-5-9-13-16/h4-13,19H,2-3,14,18H2,1H3. The highest BCUT2D eigenvalue weighted by Gasteiger charge is 2.28. The molecular weight excluding hydrogens is 232 g/mol. The van der Waals surface area contributed by atoms with Crippen LogP contribution in [0.4, 0.5) is 0 Å². The second kappa shape index (κ2) is 6.50. The molecule has 0 bridgehead atoms. The molecule has 0 aliphatic carbocycles. The van der Waals surface area contributed by atoms with E-state index in [2.05, 4.69) is 36.5 Å². The van der Waals surface area contributed by atoms with E-state index in [1.165, 1.54) is 0 Å². The van der Waals surface area contributed by atoms with E-state index in [1.54, 1.807) is 0 Å². The molecule has 0 saturated heterocycles. The fraction of sp³-hybridized carbons (Fsp3) is 0.294. The third kappa shape index (κ3) is 3.22. The first-order valence-corrected chi connectivity index (χ1v) is 6.92. The van der Waals surface area contributed by atoms with Crippen molar-refractivity contribution >= 4 is 0 Å². The molecule has 0 aliphatic heterocycles. The summed E-state index contributed by atoms with van der Waals surface area (Å²) < 4.78 is 0. The molecule has 0 unspecified atom stereocenters. The lowest BCUT2D eigenvalue weighted by Crippen LogP contribution is -2.51. The van der Waals surface area contributed by atoms with Crippen LogP contribution in [-0.2, 0) is 5.66 Å². The number of nitrogens with two attached hydrogens (primary N) is 1. The minimum absolute atomic E-state index is 0.613. The quantitative estimate of drug-likeness (QED) is 0.613. The molecule has 0 aromatic heterocycles. The first kappa shape index (κ1) is 13.8. The van der Waals surface area contributed by atoms with Gasteiger partial charge in [0.05, 0.1) is 0 Å². The third-order valence-corrected chi connectivity index (χ3v) is 3.39. The van der Waals surface area contributed by atoms with Gasteiger partial charge < -0.3 is 5.73 Å². The molecule has 19 heavy (non-hydrogen) atoms. The molecule has 0 spiro atoms. The van der Waals surface area contributed by atoms with Gasteiger partial charge in [0.15, 0.2) is 0 Å². The van der Waals surface area contributed by atoms with Crippen LogP contribution in [0.3, 0.4) is 0 Å². The molecule has 2 nitrogen and oxygen atoms in total. The van der Waals surface area contributed by atoms with Crippen LogP contribution in [0.5, 0.6) is 0 Å². The zero-order valence-corrected chi connectivity index (χ0v) is 11.5. The topological polar surface area (TPSA) is 38.0 Å². The molecule has 0 heterocycles. The van der Waals surface area contributed by atoms with Crippen molar-refractivity contribution in [2.24, 2.45) is 5.73 Å². The van der Waals surface area contributed by atoms with Crippen LogP contribution < -0.4 is 11.1 Å². The first-order valence-electron chi connectivity index (χ1n) is 6.92. The number of hydrogen-bond acceptors (Lipinski definition) is 2. The second-order valence-corrected chi connectivity index (χ2v) is 4.82. The van der Waals surface area contributed by atoms with Gasteiger partial charge in [-0.2, -0.15) is 0 Å². The average molecular weight is 254 g/mol. The SMILES string of the molecule is CCCCNC(N)(c1ccccc1)c1ccccc1. The van der Waals surface area contributed by atoms with E-state index in [4.69, 9.17) is 5.73 Å². The second-order valence-electron chi connectivity index (χ2n) is 4.82. The zero-order valence-electron chi connectivity index (χ0n) is 11.5. The van der Waals surface area contributed by atoms with E-state index in [1.807, 2.05) is 36.4 Å². The Balaban J connectivity index is 2.33. The van der Waals surface area contributed by atoms with Gasteiger partial charge in [-0.3, -0.25) is 5.32 Å². The van der Waals surface area contributed by atoms with Gasteiger partial charge in [0, 0.05) is 0 Å². The maximum absolute atomic E-state index is 6.67. The molecule has 100 valence electrons. The number of rotatable bonds is 6. The highest BCUT2D eigenvalue weighted by Crippen LogP contribution is 2.24. The Hall–Kier alpha value is -1.64. The van der Waals surface area contributed by atoms with Crippen LogP contribution in [0.2, 0.25) is 0 Å². The van der Waals surface area contributed by atoms with E-state index in [0.717, 1.165) is 30.5 Å². The Labute approximate surface area is 115 Å². The minimum atomic E-state index is -0.613. The summed E-state index contributed by atoms with van der Waals surface area (Å²) in [7, 11) is 0. The summed E-state index contributed by atoms with van der Waals surface area (Å²) in [6.07, 6.45) is 2.28. The Bertz CT molecular complexity index is 440. The molecule has 0 radical (unpaired) electrons. The normalized spacial score (nSPS) is 11.5. The smallest absolute Gasteiger partial charge is 0.119 e. The van der Waals surface area contributed by atoms with Crippen molar-refractivity contribution in [2.75, 3.05) is 6.54 Å². The lowest BCUT2D eigenvalue weighted by molar-refractivity contribution is 0.410. The predicted molar refractivity (Wildman–Crippen MR) is 80.8 cm³/mol. The zero-order chi connectivity index (χ0) is 13.6. The molecule has 2 rings (SSSR count). The van der Waals surface area contributed by atoms with Crippen molar-refractivity contribution in [3.63, 3.8) is 0 Å². The maximum atomic E-state index is 6.67. The van der Waals surface area contributed by atoms with Crippen molar-refractivity contribution in [2.45, 2.75) is 25.4 Å². The summed E-state index contributed by atoms with van der Waals surface area (Å²) in [6, 6.07) is 20.4. The fourth-order valence-corrected chi connectivity index (χ4v) is 2.24. The van der Waals surface area contributed by atoms with Crippen molar-refractivity contribution in [3.05, 3.63) is 71.8 Å². The molecule has 0 saturated carbocycles. The Morgan fingerprint density at radius 2 is 1.37 bits per heavy atom. The van der Waals surface area contributed by atoms with Gasteiger partial charge >= 0.3 is 0 Å². The summed E-state index contributed by atoms with van der Waals surface area (Å²) in [6.45, 7) is 3.10. The van der Waals surface area contributed by atoms with Crippen molar-refractivity contribution in [1.29, 1.82) is 0 Å². The van der Waals surface area contributed by atoms with Crippen LogP contribution in [0.25, 0.3) is 0 Å². The molecule has 0 aliphatic rings. The molecule has 2 heteroatoms. The van der Waals surface area contributed by atoms with E-state index >= 15 is 0 Å². The van der Waals surface area contributed by atoms with Gasteiger partial charge in [0.1, 0.15) is 5.66 Å². The highest BCUT2D eigenvalue weighted by atomic mass is 15.1. The molecule has 2 aromatic carbocycles. The Kier molecular flexibility index (Phi) is 4.72.